The van der Waals surface area contributed by atoms with Crippen LogP contribution in [0.5, 0.6) is 0 Å². The maximum Gasteiger partial charge on any atom is 0.220 e. The Kier molecular flexibility index (Phi) is 6.49. The zero-order chi connectivity index (χ0) is 13.5. The van der Waals surface area contributed by atoms with Gasteiger partial charge in [0, 0.05) is 18.8 Å². The van der Waals surface area contributed by atoms with Crippen LogP contribution in [0, 0.1) is 17.8 Å². The van der Waals surface area contributed by atoms with Crippen molar-refractivity contribution in [3.63, 3.8) is 0 Å². The Morgan fingerprint density at radius 2 is 1.74 bits per heavy atom. The average molecular weight is 286 g/mol. The zero-order valence-electron chi connectivity index (χ0n) is 12.0. The molecule has 2 saturated carbocycles. The molecule has 0 spiro atoms. The lowest BCUT2D eigenvalue weighted by atomic mass is 9.86. The summed E-state index contributed by atoms with van der Waals surface area (Å²) < 4.78 is 0. The third kappa shape index (κ3) is 4.98. The highest BCUT2D eigenvalue weighted by Gasteiger charge is 2.26. The monoisotopic (exact) mass is 285 g/mol. The minimum atomic E-state index is 0.255. The van der Waals surface area contributed by atoms with E-state index >= 15 is 0 Å². The van der Waals surface area contributed by atoms with Gasteiger partial charge in [0.15, 0.2) is 0 Å². The lowest BCUT2D eigenvalue weighted by Gasteiger charge is -2.21. The Hall–Kier alpha value is -0.240. The number of halogens is 1. The summed E-state index contributed by atoms with van der Waals surface area (Å²) >= 11 is 5.97. The fourth-order valence-electron chi connectivity index (χ4n) is 3.73. The lowest BCUT2D eigenvalue weighted by molar-refractivity contribution is -0.121. The van der Waals surface area contributed by atoms with E-state index in [1.807, 2.05) is 0 Å². The molecule has 0 aromatic heterocycles. The highest BCUT2D eigenvalue weighted by atomic mass is 35.5. The molecule has 0 radical (unpaired) electrons. The molecule has 0 heterocycles. The van der Waals surface area contributed by atoms with Crippen molar-refractivity contribution in [2.75, 3.05) is 12.4 Å². The Morgan fingerprint density at radius 1 is 1.00 bits per heavy atom. The standard InChI is InChI=1S/C16H28ClNO/c17-11-14-7-4-8-15(14)12-18-16(19)10-9-13-5-2-1-3-6-13/h13-15H,1-12H2,(H,18,19). The van der Waals surface area contributed by atoms with Gasteiger partial charge in [-0.3, -0.25) is 4.79 Å². The maximum absolute atomic E-state index is 11.9. The van der Waals surface area contributed by atoms with Gasteiger partial charge in [-0.2, -0.15) is 0 Å². The Balaban J connectivity index is 1.58. The highest BCUT2D eigenvalue weighted by molar-refractivity contribution is 6.18. The molecule has 0 aromatic rings. The van der Waals surface area contributed by atoms with Gasteiger partial charge in [0.1, 0.15) is 0 Å². The van der Waals surface area contributed by atoms with Crippen LogP contribution in [0.1, 0.15) is 64.2 Å². The van der Waals surface area contributed by atoms with E-state index in [0.29, 0.717) is 11.8 Å². The summed E-state index contributed by atoms with van der Waals surface area (Å²) in [6.45, 7) is 0.848. The van der Waals surface area contributed by atoms with Gasteiger partial charge in [-0.1, -0.05) is 38.5 Å². The molecule has 2 unspecified atom stereocenters. The molecule has 1 amide bonds. The van der Waals surface area contributed by atoms with Crippen molar-refractivity contribution in [1.82, 2.24) is 5.32 Å². The van der Waals surface area contributed by atoms with Gasteiger partial charge in [-0.15, -0.1) is 11.6 Å². The molecule has 2 nitrogen and oxygen atoms in total. The van der Waals surface area contributed by atoms with Crippen LogP contribution in [0.15, 0.2) is 0 Å². The van der Waals surface area contributed by atoms with Crippen LogP contribution in [0.4, 0.5) is 0 Å². The topological polar surface area (TPSA) is 29.1 Å². The first-order chi connectivity index (χ1) is 9.29. The Bertz CT molecular complexity index is 276. The molecule has 1 N–H and O–H groups in total. The van der Waals surface area contributed by atoms with Gasteiger partial charge >= 0.3 is 0 Å². The maximum atomic E-state index is 11.9. The second-order valence-corrected chi connectivity index (χ2v) is 6.76. The van der Waals surface area contributed by atoms with E-state index in [1.54, 1.807) is 0 Å². The number of hydrogen-bond acceptors (Lipinski definition) is 1. The van der Waals surface area contributed by atoms with Gasteiger partial charge in [0.25, 0.3) is 0 Å². The molecule has 2 atom stereocenters. The summed E-state index contributed by atoms with van der Waals surface area (Å²) in [5.41, 5.74) is 0. The third-order valence-corrected chi connectivity index (χ3v) is 5.48. The molecule has 110 valence electrons. The number of amides is 1. The lowest BCUT2D eigenvalue weighted by Crippen LogP contribution is -2.31. The first-order valence-electron chi connectivity index (χ1n) is 8.12. The van der Waals surface area contributed by atoms with Crippen LogP contribution in [0.3, 0.4) is 0 Å². The second kappa shape index (κ2) is 8.14. The summed E-state index contributed by atoms with van der Waals surface area (Å²) in [6, 6.07) is 0. The van der Waals surface area contributed by atoms with E-state index in [2.05, 4.69) is 5.32 Å². The number of hydrogen-bond donors (Lipinski definition) is 1. The minimum Gasteiger partial charge on any atom is -0.356 e. The smallest absolute Gasteiger partial charge is 0.220 e. The predicted octanol–water partition coefficient (Wildman–Crippen LogP) is 4.12. The van der Waals surface area contributed by atoms with Crippen molar-refractivity contribution >= 4 is 17.5 Å². The number of rotatable bonds is 6. The fraction of sp³-hybridized carbons (Fsp3) is 0.938. The van der Waals surface area contributed by atoms with Crippen molar-refractivity contribution in [2.45, 2.75) is 64.2 Å². The van der Waals surface area contributed by atoms with E-state index in [0.717, 1.165) is 31.2 Å². The molecule has 2 fully saturated rings. The van der Waals surface area contributed by atoms with Gasteiger partial charge in [0.05, 0.1) is 0 Å². The first-order valence-corrected chi connectivity index (χ1v) is 8.65. The first kappa shape index (κ1) is 15.2. The van der Waals surface area contributed by atoms with E-state index in [9.17, 15) is 4.79 Å². The van der Waals surface area contributed by atoms with Crippen LogP contribution in [0.2, 0.25) is 0 Å². The SMILES string of the molecule is O=C(CCC1CCCCC1)NCC1CCCC1CCl. The third-order valence-electron chi connectivity index (χ3n) is 5.08. The van der Waals surface area contributed by atoms with E-state index in [1.165, 1.54) is 51.4 Å². The molecule has 2 aliphatic rings. The summed E-state index contributed by atoms with van der Waals surface area (Å²) in [6.07, 6.45) is 12.4. The van der Waals surface area contributed by atoms with Crippen LogP contribution in [0.25, 0.3) is 0 Å². The number of alkyl halides is 1. The van der Waals surface area contributed by atoms with Crippen molar-refractivity contribution in [3.05, 3.63) is 0 Å². The van der Waals surface area contributed by atoms with Gasteiger partial charge < -0.3 is 5.32 Å². The number of nitrogens with one attached hydrogen (secondary N) is 1. The highest BCUT2D eigenvalue weighted by Crippen LogP contribution is 2.32. The Labute approximate surface area is 122 Å². The van der Waals surface area contributed by atoms with Gasteiger partial charge in [-0.05, 0) is 37.0 Å². The largest absolute Gasteiger partial charge is 0.356 e. The molecule has 3 heteroatoms. The molecule has 19 heavy (non-hydrogen) atoms. The molecule has 0 aromatic carbocycles. The molecule has 0 bridgehead atoms. The van der Waals surface area contributed by atoms with Crippen LogP contribution in [-0.2, 0) is 4.79 Å². The molecule has 0 saturated heterocycles. The fourth-order valence-corrected chi connectivity index (χ4v) is 4.14. The molecule has 0 aliphatic heterocycles. The normalized spacial score (nSPS) is 28.5. The second-order valence-electron chi connectivity index (χ2n) is 6.45. The number of carbonyl (C=O) groups excluding carboxylic acids is 1. The van der Waals surface area contributed by atoms with Gasteiger partial charge in [-0.25, -0.2) is 0 Å². The Morgan fingerprint density at radius 3 is 2.47 bits per heavy atom. The number of carbonyl (C=O) groups is 1. The van der Waals surface area contributed by atoms with Crippen LogP contribution in [-0.4, -0.2) is 18.3 Å². The molecule has 2 aliphatic carbocycles. The van der Waals surface area contributed by atoms with E-state index in [-0.39, 0.29) is 5.91 Å². The van der Waals surface area contributed by atoms with Crippen molar-refractivity contribution in [1.29, 1.82) is 0 Å². The summed E-state index contributed by atoms with van der Waals surface area (Å²) in [5.74, 6) is 3.06. The van der Waals surface area contributed by atoms with Crippen molar-refractivity contribution < 1.29 is 4.79 Å². The van der Waals surface area contributed by atoms with Crippen LogP contribution < -0.4 is 5.32 Å². The molecular formula is C16H28ClNO. The minimum absolute atomic E-state index is 0.255. The summed E-state index contributed by atoms with van der Waals surface area (Å²) in [5, 5.41) is 3.13. The predicted molar refractivity (Wildman–Crippen MR) is 80.4 cm³/mol. The molecular weight excluding hydrogens is 258 g/mol. The van der Waals surface area contributed by atoms with Crippen molar-refractivity contribution in [3.8, 4) is 0 Å². The zero-order valence-corrected chi connectivity index (χ0v) is 12.8. The summed E-state index contributed by atoms with van der Waals surface area (Å²) in [7, 11) is 0. The van der Waals surface area contributed by atoms with E-state index < -0.39 is 0 Å². The van der Waals surface area contributed by atoms with Crippen molar-refractivity contribution in [2.24, 2.45) is 17.8 Å². The van der Waals surface area contributed by atoms with E-state index in [4.69, 9.17) is 11.6 Å². The summed E-state index contributed by atoms with van der Waals surface area (Å²) in [4.78, 5) is 11.9. The van der Waals surface area contributed by atoms with Gasteiger partial charge in [0.2, 0.25) is 5.91 Å². The average Bonchev–Trinajstić information content (AvgIpc) is 2.91. The molecule has 2 rings (SSSR count). The quantitative estimate of drug-likeness (QED) is 0.731. The van der Waals surface area contributed by atoms with Crippen LogP contribution >= 0.6 is 11.6 Å².